The minimum atomic E-state index is 0.0157. The lowest BCUT2D eigenvalue weighted by atomic mass is 10.1. The van der Waals surface area contributed by atoms with Crippen LogP contribution in [0.15, 0.2) is 47.3 Å². The third-order valence-corrected chi connectivity index (χ3v) is 3.49. The number of nitrogens with one attached hydrogen (secondary N) is 2. The smallest absolute Gasteiger partial charge is 0.251 e. The Labute approximate surface area is 118 Å². The lowest BCUT2D eigenvalue weighted by molar-refractivity contribution is 0.0951. The summed E-state index contributed by atoms with van der Waals surface area (Å²) in [6.45, 7) is 2.07. The predicted octanol–water partition coefficient (Wildman–Crippen LogP) is 3.34. The first-order valence-corrected chi connectivity index (χ1v) is 6.92. The molecule has 0 saturated heterocycles. The van der Waals surface area contributed by atoms with Gasteiger partial charge in [-0.15, -0.1) is 0 Å². The molecule has 20 heavy (non-hydrogen) atoms. The summed E-state index contributed by atoms with van der Waals surface area (Å²) in [5.74, 6) is 0.0157. The molecule has 1 atom stereocenters. The van der Waals surface area contributed by atoms with Crippen molar-refractivity contribution in [1.82, 2.24) is 5.32 Å². The van der Waals surface area contributed by atoms with Gasteiger partial charge in [-0.05, 0) is 50.1 Å². The maximum atomic E-state index is 11.9. The van der Waals surface area contributed by atoms with Crippen molar-refractivity contribution < 1.29 is 9.21 Å². The number of hydrogen-bond acceptors (Lipinski definition) is 3. The second-order valence-electron chi connectivity index (χ2n) is 5.25. The molecule has 4 heteroatoms. The molecule has 1 fully saturated rings. The highest BCUT2D eigenvalue weighted by molar-refractivity contribution is 5.94. The van der Waals surface area contributed by atoms with Crippen molar-refractivity contribution in [2.45, 2.75) is 31.8 Å². The van der Waals surface area contributed by atoms with Gasteiger partial charge < -0.3 is 15.1 Å². The minimum absolute atomic E-state index is 0.0157. The van der Waals surface area contributed by atoms with Crippen LogP contribution < -0.4 is 10.6 Å². The zero-order valence-corrected chi connectivity index (χ0v) is 11.4. The van der Waals surface area contributed by atoms with Crippen LogP contribution in [0.2, 0.25) is 0 Å². The zero-order valence-electron chi connectivity index (χ0n) is 11.4. The van der Waals surface area contributed by atoms with Gasteiger partial charge in [0, 0.05) is 22.9 Å². The van der Waals surface area contributed by atoms with Crippen molar-refractivity contribution >= 4 is 11.6 Å². The van der Waals surface area contributed by atoms with Gasteiger partial charge in [-0.3, -0.25) is 4.79 Å². The molecular weight excluding hydrogens is 252 g/mol. The molecule has 4 nitrogen and oxygen atoms in total. The first kappa shape index (κ1) is 12.8. The van der Waals surface area contributed by atoms with E-state index in [4.69, 9.17) is 4.42 Å². The Balaban J connectivity index is 1.62. The highest BCUT2D eigenvalue weighted by Gasteiger charge is 2.23. The van der Waals surface area contributed by atoms with E-state index in [1.165, 1.54) is 0 Å². The molecule has 0 aliphatic heterocycles. The van der Waals surface area contributed by atoms with Crippen LogP contribution in [-0.4, -0.2) is 11.9 Å². The number of amides is 1. The highest BCUT2D eigenvalue weighted by Crippen LogP contribution is 2.21. The van der Waals surface area contributed by atoms with E-state index in [9.17, 15) is 4.79 Å². The standard InChI is InChI=1S/C16H18N2O2/c1-11(13-8-9-20-10-13)17-14-4-2-12(3-5-14)16(19)18-15-6-7-15/h2-5,8-11,15,17H,6-7H2,1H3,(H,18,19). The van der Waals surface area contributed by atoms with E-state index in [2.05, 4.69) is 17.6 Å². The van der Waals surface area contributed by atoms with Crippen LogP contribution in [0, 0.1) is 0 Å². The molecular formula is C16H18N2O2. The highest BCUT2D eigenvalue weighted by atomic mass is 16.3. The quantitative estimate of drug-likeness (QED) is 0.876. The average Bonchev–Trinajstić information content (AvgIpc) is 3.08. The van der Waals surface area contributed by atoms with Crippen molar-refractivity contribution in [2.24, 2.45) is 0 Å². The second kappa shape index (κ2) is 5.41. The lowest BCUT2D eigenvalue weighted by Crippen LogP contribution is -2.25. The predicted molar refractivity (Wildman–Crippen MR) is 77.7 cm³/mol. The van der Waals surface area contributed by atoms with E-state index in [0.717, 1.165) is 24.1 Å². The van der Waals surface area contributed by atoms with Gasteiger partial charge in [0.1, 0.15) is 0 Å². The maximum Gasteiger partial charge on any atom is 0.251 e. The molecule has 1 saturated carbocycles. The Kier molecular flexibility index (Phi) is 3.46. The van der Waals surface area contributed by atoms with Crippen LogP contribution in [0.25, 0.3) is 0 Å². The summed E-state index contributed by atoms with van der Waals surface area (Å²) in [5, 5.41) is 6.35. The normalized spacial score (nSPS) is 15.7. The van der Waals surface area contributed by atoms with Gasteiger partial charge in [0.15, 0.2) is 0 Å². The summed E-state index contributed by atoms with van der Waals surface area (Å²) < 4.78 is 5.07. The molecule has 1 aliphatic carbocycles. The largest absolute Gasteiger partial charge is 0.472 e. The average molecular weight is 270 g/mol. The molecule has 104 valence electrons. The molecule has 1 amide bonds. The molecule has 1 heterocycles. The number of hydrogen-bond donors (Lipinski definition) is 2. The van der Waals surface area contributed by atoms with Crippen LogP contribution in [0.5, 0.6) is 0 Å². The fraction of sp³-hybridized carbons (Fsp3) is 0.312. The summed E-state index contributed by atoms with van der Waals surface area (Å²) in [5.41, 5.74) is 2.79. The van der Waals surface area contributed by atoms with Gasteiger partial charge in [0.05, 0.1) is 18.6 Å². The third kappa shape index (κ3) is 3.02. The Morgan fingerprint density at radius 2 is 2.00 bits per heavy atom. The molecule has 1 aromatic carbocycles. The van der Waals surface area contributed by atoms with Crippen molar-refractivity contribution in [2.75, 3.05) is 5.32 Å². The number of carbonyl (C=O) groups is 1. The van der Waals surface area contributed by atoms with Crippen LogP contribution in [-0.2, 0) is 0 Å². The zero-order chi connectivity index (χ0) is 13.9. The first-order valence-electron chi connectivity index (χ1n) is 6.92. The molecule has 0 bridgehead atoms. The molecule has 2 N–H and O–H groups in total. The van der Waals surface area contributed by atoms with Gasteiger partial charge in [-0.25, -0.2) is 0 Å². The van der Waals surface area contributed by atoms with E-state index in [1.807, 2.05) is 30.3 Å². The van der Waals surface area contributed by atoms with Gasteiger partial charge in [-0.2, -0.15) is 0 Å². The van der Waals surface area contributed by atoms with E-state index in [1.54, 1.807) is 12.5 Å². The van der Waals surface area contributed by atoms with Crippen molar-refractivity contribution in [3.05, 3.63) is 54.0 Å². The first-order chi connectivity index (χ1) is 9.72. The Morgan fingerprint density at radius 3 is 2.60 bits per heavy atom. The molecule has 1 aromatic heterocycles. The number of rotatable bonds is 5. The summed E-state index contributed by atoms with van der Waals surface area (Å²) in [6, 6.07) is 10.1. The molecule has 1 aliphatic rings. The van der Waals surface area contributed by atoms with Crippen LogP contribution in [0.3, 0.4) is 0 Å². The van der Waals surface area contributed by atoms with Gasteiger partial charge >= 0.3 is 0 Å². The summed E-state index contributed by atoms with van der Waals surface area (Å²) in [7, 11) is 0. The van der Waals surface area contributed by atoms with Crippen LogP contribution in [0.1, 0.15) is 41.7 Å². The van der Waals surface area contributed by atoms with Crippen molar-refractivity contribution in [3.8, 4) is 0 Å². The monoisotopic (exact) mass is 270 g/mol. The van der Waals surface area contributed by atoms with Gasteiger partial charge in [0.25, 0.3) is 5.91 Å². The molecule has 1 unspecified atom stereocenters. The number of anilines is 1. The Hall–Kier alpha value is -2.23. The van der Waals surface area contributed by atoms with Crippen LogP contribution in [0.4, 0.5) is 5.69 Å². The summed E-state index contributed by atoms with van der Waals surface area (Å²) in [6.07, 6.45) is 5.61. The fourth-order valence-corrected chi connectivity index (χ4v) is 2.07. The SMILES string of the molecule is CC(Nc1ccc(C(=O)NC2CC2)cc1)c1ccoc1. The number of furan rings is 1. The Morgan fingerprint density at radius 1 is 1.25 bits per heavy atom. The fourth-order valence-electron chi connectivity index (χ4n) is 2.07. The second-order valence-corrected chi connectivity index (χ2v) is 5.25. The topological polar surface area (TPSA) is 54.3 Å². The molecule has 2 aromatic rings. The lowest BCUT2D eigenvalue weighted by Gasteiger charge is -2.13. The van der Waals surface area contributed by atoms with Gasteiger partial charge in [-0.1, -0.05) is 0 Å². The van der Waals surface area contributed by atoms with Crippen LogP contribution >= 0.6 is 0 Å². The van der Waals surface area contributed by atoms with E-state index in [0.29, 0.717) is 11.6 Å². The van der Waals surface area contributed by atoms with Crippen molar-refractivity contribution in [3.63, 3.8) is 0 Å². The Bertz CT molecular complexity index is 571. The minimum Gasteiger partial charge on any atom is -0.472 e. The van der Waals surface area contributed by atoms with E-state index < -0.39 is 0 Å². The number of carbonyl (C=O) groups excluding carboxylic acids is 1. The van der Waals surface area contributed by atoms with Crippen molar-refractivity contribution in [1.29, 1.82) is 0 Å². The molecule has 0 radical (unpaired) electrons. The van der Waals surface area contributed by atoms with Gasteiger partial charge in [0.2, 0.25) is 0 Å². The van der Waals surface area contributed by atoms with E-state index >= 15 is 0 Å². The molecule has 3 rings (SSSR count). The summed E-state index contributed by atoms with van der Waals surface area (Å²) >= 11 is 0. The maximum absolute atomic E-state index is 11.9. The summed E-state index contributed by atoms with van der Waals surface area (Å²) in [4.78, 5) is 11.9. The molecule has 0 spiro atoms. The number of benzene rings is 1. The third-order valence-electron chi connectivity index (χ3n) is 3.49. The van der Waals surface area contributed by atoms with E-state index in [-0.39, 0.29) is 11.9 Å².